The van der Waals surface area contributed by atoms with E-state index in [1.54, 1.807) is 18.2 Å². The Morgan fingerprint density at radius 2 is 1.64 bits per heavy atom. The first-order valence-electron chi connectivity index (χ1n) is 8.19. The highest BCUT2D eigenvalue weighted by molar-refractivity contribution is 7.92. The first-order valence-corrected chi connectivity index (χ1v) is 9.63. The van der Waals surface area contributed by atoms with Gasteiger partial charge in [-0.05, 0) is 42.5 Å². The van der Waals surface area contributed by atoms with Crippen LogP contribution in [0, 0.1) is 11.6 Å². The highest BCUT2D eigenvalue weighted by Crippen LogP contribution is 2.23. The van der Waals surface area contributed by atoms with Crippen molar-refractivity contribution in [3.8, 4) is 0 Å². The number of benzene rings is 3. The van der Waals surface area contributed by atoms with Gasteiger partial charge in [-0.1, -0.05) is 24.3 Å². The van der Waals surface area contributed by atoms with Gasteiger partial charge in [0.2, 0.25) is 0 Å². The molecule has 144 valence electrons. The number of rotatable bonds is 5. The molecule has 0 radical (unpaired) electrons. The summed E-state index contributed by atoms with van der Waals surface area (Å²) < 4.78 is 53.2. The number of nitrogens with one attached hydrogen (secondary N) is 1. The van der Waals surface area contributed by atoms with Gasteiger partial charge in [-0.25, -0.2) is 17.2 Å². The summed E-state index contributed by atoms with van der Waals surface area (Å²) in [6.45, 7) is 0. The topological polar surface area (TPSA) is 66.5 Å². The minimum atomic E-state index is -3.80. The zero-order valence-corrected chi connectivity index (χ0v) is 15.6. The maximum absolute atomic E-state index is 13.7. The van der Waals surface area contributed by atoms with Gasteiger partial charge in [0, 0.05) is 18.7 Å². The Kier molecular flexibility index (Phi) is 5.41. The van der Waals surface area contributed by atoms with E-state index < -0.39 is 27.6 Å². The maximum atomic E-state index is 13.7. The van der Waals surface area contributed by atoms with Gasteiger partial charge < -0.3 is 5.32 Å². The van der Waals surface area contributed by atoms with E-state index in [9.17, 15) is 22.0 Å². The molecule has 0 aliphatic rings. The molecule has 0 aliphatic heterocycles. The molecule has 0 atom stereocenters. The molecule has 3 aromatic carbocycles. The van der Waals surface area contributed by atoms with E-state index >= 15 is 0 Å². The third kappa shape index (κ3) is 4.01. The van der Waals surface area contributed by atoms with Crippen LogP contribution in [-0.2, 0) is 10.0 Å². The van der Waals surface area contributed by atoms with Gasteiger partial charge in [-0.2, -0.15) is 0 Å². The third-order valence-corrected chi connectivity index (χ3v) is 5.85. The summed E-state index contributed by atoms with van der Waals surface area (Å²) in [6.07, 6.45) is 0. The molecule has 3 rings (SSSR count). The van der Waals surface area contributed by atoms with Crippen molar-refractivity contribution >= 4 is 27.3 Å². The third-order valence-electron chi connectivity index (χ3n) is 4.05. The van der Waals surface area contributed by atoms with Gasteiger partial charge in [0.1, 0.15) is 11.6 Å². The summed E-state index contributed by atoms with van der Waals surface area (Å²) in [5, 5.41) is 2.34. The molecule has 0 fully saturated rings. The van der Waals surface area contributed by atoms with E-state index in [-0.39, 0.29) is 21.8 Å². The Morgan fingerprint density at radius 1 is 0.929 bits per heavy atom. The van der Waals surface area contributed by atoms with Crippen molar-refractivity contribution in [2.24, 2.45) is 0 Å². The van der Waals surface area contributed by atoms with Crippen LogP contribution in [0.4, 0.5) is 20.2 Å². The largest absolute Gasteiger partial charge is 0.319 e. The van der Waals surface area contributed by atoms with Gasteiger partial charge in [0.05, 0.1) is 16.3 Å². The summed E-state index contributed by atoms with van der Waals surface area (Å²) in [6, 6.07) is 16.6. The van der Waals surface area contributed by atoms with Crippen molar-refractivity contribution in [1.82, 2.24) is 0 Å². The summed E-state index contributed by atoms with van der Waals surface area (Å²) in [7, 11) is -2.43. The summed E-state index contributed by atoms with van der Waals surface area (Å²) >= 11 is 0. The number of anilines is 2. The van der Waals surface area contributed by atoms with E-state index in [4.69, 9.17) is 0 Å². The Morgan fingerprint density at radius 3 is 2.32 bits per heavy atom. The smallest absolute Gasteiger partial charge is 0.264 e. The number of carbonyl (C=O) groups is 1. The molecule has 0 unspecified atom stereocenters. The van der Waals surface area contributed by atoms with Crippen molar-refractivity contribution < 1.29 is 22.0 Å². The fraction of sp³-hybridized carbons (Fsp3) is 0.0500. The lowest BCUT2D eigenvalue weighted by atomic mass is 10.2. The number of halogens is 2. The van der Waals surface area contributed by atoms with Gasteiger partial charge in [0.25, 0.3) is 15.9 Å². The zero-order valence-electron chi connectivity index (χ0n) is 14.8. The fourth-order valence-corrected chi connectivity index (χ4v) is 3.73. The van der Waals surface area contributed by atoms with Crippen LogP contribution in [0.15, 0.2) is 77.7 Å². The van der Waals surface area contributed by atoms with Gasteiger partial charge in [0.15, 0.2) is 0 Å². The van der Waals surface area contributed by atoms with E-state index in [2.05, 4.69) is 5.32 Å². The summed E-state index contributed by atoms with van der Waals surface area (Å²) in [4.78, 5) is 12.5. The molecule has 0 aliphatic carbocycles. The minimum Gasteiger partial charge on any atom is -0.319 e. The Balaban J connectivity index is 1.86. The Hall–Kier alpha value is -3.26. The van der Waals surface area contributed by atoms with Crippen molar-refractivity contribution in [2.75, 3.05) is 16.7 Å². The van der Waals surface area contributed by atoms with Crippen molar-refractivity contribution in [3.05, 3.63) is 90.0 Å². The fourth-order valence-electron chi connectivity index (χ4n) is 2.52. The van der Waals surface area contributed by atoms with Crippen LogP contribution in [0.25, 0.3) is 0 Å². The van der Waals surface area contributed by atoms with Crippen LogP contribution in [0.3, 0.4) is 0 Å². The van der Waals surface area contributed by atoms with Crippen LogP contribution in [0.1, 0.15) is 10.4 Å². The number of sulfonamides is 1. The number of hydrogen-bond acceptors (Lipinski definition) is 3. The molecular weight excluding hydrogens is 386 g/mol. The summed E-state index contributed by atoms with van der Waals surface area (Å²) in [5.74, 6) is -2.32. The number of amides is 1. The molecule has 0 bridgehead atoms. The second kappa shape index (κ2) is 7.77. The second-order valence-corrected chi connectivity index (χ2v) is 7.88. The first kappa shape index (κ1) is 19.5. The van der Waals surface area contributed by atoms with Gasteiger partial charge in [-0.15, -0.1) is 0 Å². The van der Waals surface area contributed by atoms with Crippen molar-refractivity contribution in [3.63, 3.8) is 0 Å². The predicted octanol–water partition coefficient (Wildman–Crippen LogP) is 4.04. The molecular formula is C20H16F2N2O3S. The highest BCUT2D eigenvalue weighted by Gasteiger charge is 2.21. The van der Waals surface area contributed by atoms with Crippen molar-refractivity contribution in [1.29, 1.82) is 0 Å². The Labute approximate surface area is 161 Å². The van der Waals surface area contributed by atoms with E-state index in [1.165, 1.54) is 43.4 Å². The molecule has 0 heterocycles. The monoisotopic (exact) mass is 402 g/mol. The average Bonchev–Trinajstić information content (AvgIpc) is 2.70. The molecule has 0 saturated carbocycles. The minimum absolute atomic E-state index is 0.112. The highest BCUT2D eigenvalue weighted by atomic mass is 32.2. The van der Waals surface area contributed by atoms with Crippen LogP contribution >= 0.6 is 0 Å². The number of hydrogen-bond donors (Lipinski definition) is 1. The van der Waals surface area contributed by atoms with E-state index in [1.807, 2.05) is 0 Å². The molecule has 0 spiro atoms. The van der Waals surface area contributed by atoms with Crippen LogP contribution in [0.2, 0.25) is 0 Å². The number of nitrogens with zero attached hydrogens (tertiary/aromatic N) is 1. The zero-order chi connectivity index (χ0) is 20.3. The first-order chi connectivity index (χ1) is 13.3. The normalized spacial score (nSPS) is 11.1. The number of carbonyl (C=O) groups excluding carboxylic acids is 1. The SMILES string of the molecule is CN(c1cccc(C(=O)Nc2ccc(F)cc2F)c1)S(=O)(=O)c1ccccc1. The predicted molar refractivity (Wildman–Crippen MR) is 103 cm³/mol. The molecule has 0 aromatic heterocycles. The van der Waals surface area contributed by atoms with E-state index in [0.29, 0.717) is 6.07 Å². The molecule has 8 heteroatoms. The van der Waals surface area contributed by atoms with Crippen LogP contribution < -0.4 is 9.62 Å². The van der Waals surface area contributed by atoms with E-state index in [0.717, 1.165) is 16.4 Å². The average molecular weight is 402 g/mol. The molecule has 1 N–H and O–H groups in total. The molecule has 28 heavy (non-hydrogen) atoms. The van der Waals surface area contributed by atoms with Gasteiger partial charge in [-0.3, -0.25) is 9.10 Å². The van der Waals surface area contributed by atoms with Gasteiger partial charge >= 0.3 is 0 Å². The van der Waals surface area contributed by atoms with Crippen LogP contribution in [-0.4, -0.2) is 21.4 Å². The lowest BCUT2D eigenvalue weighted by Gasteiger charge is -2.20. The van der Waals surface area contributed by atoms with Crippen molar-refractivity contribution in [2.45, 2.75) is 4.90 Å². The lowest BCUT2D eigenvalue weighted by molar-refractivity contribution is 0.102. The quantitative estimate of drug-likeness (QED) is 0.700. The summed E-state index contributed by atoms with van der Waals surface area (Å²) in [5.41, 5.74) is 0.203. The molecule has 5 nitrogen and oxygen atoms in total. The molecule has 3 aromatic rings. The maximum Gasteiger partial charge on any atom is 0.264 e. The second-order valence-electron chi connectivity index (χ2n) is 5.91. The lowest BCUT2D eigenvalue weighted by Crippen LogP contribution is -2.26. The molecule has 1 amide bonds. The standard InChI is InChI=1S/C20H16F2N2O3S/c1-24(28(26,27)17-8-3-2-4-9-17)16-7-5-6-14(12-16)20(25)23-19-11-10-15(21)13-18(19)22/h2-13H,1H3,(H,23,25). The Bertz CT molecular complexity index is 1120. The molecule has 0 saturated heterocycles. The van der Waals surface area contributed by atoms with Crippen LogP contribution in [0.5, 0.6) is 0 Å².